The van der Waals surface area contributed by atoms with Crippen molar-refractivity contribution in [3.8, 4) is 12.3 Å². The van der Waals surface area contributed by atoms with E-state index in [-0.39, 0.29) is 6.10 Å². The van der Waals surface area contributed by atoms with E-state index in [1.54, 1.807) is 0 Å². The van der Waals surface area contributed by atoms with Gasteiger partial charge in [-0.15, -0.1) is 12.3 Å². The van der Waals surface area contributed by atoms with Crippen molar-refractivity contribution in [1.29, 1.82) is 0 Å². The van der Waals surface area contributed by atoms with Crippen molar-refractivity contribution in [3.63, 3.8) is 0 Å². The van der Waals surface area contributed by atoms with Crippen LogP contribution in [-0.2, 0) is 4.74 Å². The smallest absolute Gasteiger partial charge is 0.278 e. The Morgan fingerprint density at radius 1 is 1.00 bits per heavy atom. The Bertz CT molecular complexity index is 280. The standard InChI is InChI=1S/C17H30O3/c1-2-3-10-13-16-14-11-8-6-4-5-7-9-12-15-17(18,19)20-16/h1,16,18-19H,3-15H2/t16-/m0/s1. The second kappa shape index (κ2) is 10.2. The second-order valence-electron chi connectivity index (χ2n) is 5.95. The summed E-state index contributed by atoms with van der Waals surface area (Å²) in [6.07, 6.45) is 18.0. The molecule has 1 aliphatic rings. The third-order valence-electron chi connectivity index (χ3n) is 3.98. The SMILES string of the molecule is C#CCCC[C@H]1CCCCCCCCCCC(O)(O)O1. The van der Waals surface area contributed by atoms with E-state index in [0.717, 1.165) is 44.9 Å². The fourth-order valence-electron chi connectivity index (χ4n) is 2.81. The first-order valence-electron chi connectivity index (χ1n) is 8.20. The average Bonchev–Trinajstić information content (AvgIpc) is 2.41. The molecule has 20 heavy (non-hydrogen) atoms. The first kappa shape index (κ1) is 17.5. The zero-order chi connectivity index (χ0) is 14.7. The zero-order valence-electron chi connectivity index (χ0n) is 12.6. The summed E-state index contributed by atoms with van der Waals surface area (Å²) in [5.41, 5.74) is 0. The number of terminal acetylenes is 1. The van der Waals surface area contributed by atoms with Crippen molar-refractivity contribution in [3.05, 3.63) is 0 Å². The average molecular weight is 282 g/mol. The van der Waals surface area contributed by atoms with E-state index in [1.807, 2.05) is 0 Å². The molecule has 1 saturated heterocycles. The molecule has 0 aromatic heterocycles. The van der Waals surface area contributed by atoms with E-state index >= 15 is 0 Å². The summed E-state index contributed by atoms with van der Waals surface area (Å²) in [7, 11) is 0. The molecule has 0 saturated carbocycles. The highest BCUT2D eigenvalue weighted by atomic mass is 16.8. The summed E-state index contributed by atoms with van der Waals surface area (Å²) in [6.45, 7) is 0. The summed E-state index contributed by atoms with van der Waals surface area (Å²) < 4.78 is 5.54. The van der Waals surface area contributed by atoms with E-state index in [9.17, 15) is 10.2 Å². The van der Waals surface area contributed by atoms with Gasteiger partial charge >= 0.3 is 0 Å². The normalized spacial score (nSPS) is 25.8. The quantitative estimate of drug-likeness (QED) is 0.471. The molecule has 0 bridgehead atoms. The Kier molecular flexibility index (Phi) is 8.93. The van der Waals surface area contributed by atoms with Crippen LogP contribution in [0.2, 0.25) is 0 Å². The number of hydrogen-bond acceptors (Lipinski definition) is 3. The summed E-state index contributed by atoms with van der Waals surface area (Å²) in [4.78, 5) is 0. The summed E-state index contributed by atoms with van der Waals surface area (Å²) in [5, 5.41) is 19.9. The Morgan fingerprint density at radius 3 is 2.25 bits per heavy atom. The lowest BCUT2D eigenvalue weighted by Crippen LogP contribution is -2.36. The van der Waals surface area contributed by atoms with Gasteiger partial charge in [0.2, 0.25) is 0 Å². The number of unbranched alkanes of at least 4 members (excludes halogenated alkanes) is 1. The van der Waals surface area contributed by atoms with Crippen LogP contribution >= 0.6 is 0 Å². The molecule has 3 heteroatoms. The van der Waals surface area contributed by atoms with E-state index in [0.29, 0.717) is 6.42 Å². The minimum Gasteiger partial charge on any atom is -0.343 e. The molecule has 1 atom stereocenters. The summed E-state index contributed by atoms with van der Waals surface area (Å²) >= 11 is 0. The van der Waals surface area contributed by atoms with Gasteiger partial charge in [0.1, 0.15) is 0 Å². The fraction of sp³-hybridized carbons (Fsp3) is 0.882. The van der Waals surface area contributed by atoms with E-state index in [2.05, 4.69) is 5.92 Å². The maximum Gasteiger partial charge on any atom is 0.278 e. The number of aliphatic hydroxyl groups is 2. The molecule has 0 unspecified atom stereocenters. The molecule has 0 radical (unpaired) electrons. The van der Waals surface area contributed by atoms with Crippen LogP contribution in [0.4, 0.5) is 0 Å². The van der Waals surface area contributed by atoms with Gasteiger partial charge in [0, 0.05) is 12.8 Å². The van der Waals surface area contributed by atoms with Gasteiger partial charge in [0.25, 0.3) is 5.97 Å². The van der Waals surface area contributed by atoms with Gasteiger partial charge in [-0.3, -0.25) is 0 Å². The highest BCUT2D eigenvalue weighted by Crippen LogP contribution is 2.23. The number of ether oxygens (including phenoxy) is 1. The molecule has 1 aliphatic heterocycles. The van der Waals surface area contributed by atoms with Crippen LogP contribution in [0.5, 0.6) is 0 Å². The van der Waals surface area contributed by atoms with Gasteiger partial charge in [-0.2, -0.15) is 0 Å². The molecular formula is C17H30O3. The topological polar surface area (TPSA) is 49.7 Å². The van der Waals surface area contributed by atoms with Crippen molar-refractivity contribution < 1.29 is 14.9 Å². The third-order valence-corrected chi connectivity index (χ3v) is 3.98. The number of hydrogen-bond donors (Lipinski definition) is 2. The molecule has 3 nitrogen and oxygen atoms in total. The highest BCUT2D eigenvalue weighted by Gasteiger charge is 2.27. The Labute approximate surface area is 123 Å². The molecule has 0 aliphatic carbocycles. The predicted molar refractivity (Wildman–Crippen MR) is 80.9 cm³/mol. The van der Waals surface area contributed by atoms with E-state index < -0.39 is 5.97 Å². The highest BCUT2D eigenvalue weighted by molar-refractivity contribution is 4.83. The minimum absolute atomic E-state index is 0.0842. The molecule has 0 aromatic carbocycles. The van der Waals surface area contributed by atoms with Gasteiger partial charge in [-0.1, -0.05) is 44.9 Å². The Hall–Kier alpha value is -0.560. The summed E-state index contributed by atoms with van der Waals surface area (Å²) in [5.74, 6) is 0.661. The lowest BCUT2D eigenvalue weighted by Gasteiger charge is -2.28. The van der Waals surface area contributed by atoms with Crippen LogP contribution in [0.25, 0.3) is 0 Å². The van der Waals surface area contributed by atoms with Crippen LogP contribution in [0, 0.1) is 12.3 Å². The third kappa shape index (κ3) is 8.58. The lowest BCUT2D eigenvalue weighted by molar-refractivity contribution is -0.358. The van der Waals surface area contributed by atoms with E-state index in [4.69, 9.17) is 11.2 Å². The first-order chi connectivity index (χ1) is 9.64. The van der Waals surface area contributed by atoms with Crippen LogP contribution in [0.3, 0.4) is 0 Å². The molecule has 2 N–H and O–H groups in total. The molecular weight excluding hydrogens is 252 g/mol. The second-order valence-corrected chi connectivity index (χ2v) is 5.95. The van der Waals surface area contributed by atoms with Crippen LogP contribution in [0.1, 0.15) is 83.5 Å². The van der Waals surface area contributed by atoms with Crippen LogP contribution < -0.4 is 0 Å². The van der Waals surface area contributed by atoms with Gasteiger partial charge in [0.05, 0.1) is 6.10 Å². The van der Waals surface area contributed by atoms with Crippen molar-refractivity contribution >= 4 is 0 Å². The molecule has 0 amide bonds. The maximum atomic E-state index is 9.95. The molecule has 1 heterocycles. The van der Waals surface area contributed by atoms with Gasteiger partial charge in [-0.25, -0.2) is 0 Å². The Balaban J connectivity index is 2.47. The lowest BCUT2D eigenvalue weighted by atomic mass is 10.0. The van der Waals surface area contributed by atoms with Crippen molar-refractivity contribution in [2.24, 2.45) is 0 Å². The number of rotatable bonds is 3. The summed E-state index contributed by atoms with van der Waals surface area (Å²) in [6, 6.07) is 0. The van der Waals surface area contributed by atoms with Gasteiger partial charge < -0.3 is 14.9 Å². The van der Waals surface area contributed by atoms with Crippen LogP contribution in [-0.4, -0.2) is 22.3 Å². The van der Waals surface area contributed by atoms with Crippen LogP contribution in [0.15, 0.2) is 0 Å². The molecule has 1 fully saturated rings. The first-order valence-corrected chi connectivity index (χ1v) is 8.20. The molecule has 0 spiro atoms. The molecule has 1 rings (SSSR count). The fourth-order valence-corrected chi connectivity index (χ4v) is 2.81. The zero-order valence-corrected chi connectivity index (χ0v) is 12.6. The molecule has 116 valence electrons. The largest absolute Gasteiger partial charge is 0.343 e. The van der Waals surface area contributed by atoms with Gasteiger partial charge in [0.15, 0.2) is 0 Å². The van der Waals surface area contributed by atoms with E-state index in [1.165, 1.54) is 32.1 Å². The predicted octanol–water partition coefficient (Wildman–Crippen LogP) is 3.73. The van der Waals surface area contributed by atoms with Crippen molar-refractivity contribution in [1.82, 2.24) is 0 Å². The van der Waals surface area contributed by atoms with Crippen molar-refractivity contribution in [2.75, 3.05) is 0 Å². The maximum absolute atomic E-state index is 9.95. The monoisotopic (exact) mass is 282 g/mol. The van der Waals surface area contributed by atoms with Crippen molar-refractivity contribution in [2.45, 2.75) is 95.5 Å². The Morgan fingerprint density at radius 2 is 1.60 bits per heavy atom. The minimum atomic E-state index is -1.96. The van der Waals surface area contributed by atoms with Gasteiger partial charge in [-0.05, 0) is 25.7 Å². The molecule has 0 aromatic rings.